The molecule has 1 aliphatic rings. The Morgan fingerprint density at radius 1 is 1.17 bits per heavy atom. The molecule has 24 heavy (non-hydrogen) atoms. The van der Waals surface area contributed by atoms with Crippen LogP contribution in [0.5, 0.6) is 0 Å². The van der Waals surface area contributed by atoms with E-state index >= 15 is 0 Å². The van der Waals surface area contributed by atoms with Gasteiger partial charge in [0.15, 0.2) is 0 Å². The van der Waals surface area contributed by atoms with Gasteiger partial charge < -0.3 is 11.1 Å². The first-order chi connectivity index (χ1) is 10.8. The molecule has 0 heterocycles. The molecule has 0 unspecified atom stereocenters. The lowest BCUT2D eigenvalue weighted by molar-refractivity contribution is -0.118. The molecule has 1 aromatic rings. The number of nitrogens with two attached hydrogens (primary N) is 1. The van der Waals surface area contributed by atoms with Gasteiger partial charge in [0.2, 0.25) is 15.9 Å². The van der Waals surface area contributed by atoms with Crippen LogP contribution in [0.3, 0.4) is 0 Å². The molecule has 0 aliphatic heterocycles. The molecule has 8 heteroatoms. The summed E-state index contributed by atoms with van der Waals surface area (Å²) in [4.78, 5) is 12.4. The fraction of sp³-hybridized carbons (Fsp3) is 0.562. The molecule has 6 nitrogen and oxygen atoms in total. The third-order valence-electron chi connectivity index (χ3n) is 4.38. The molecule has 136 valence electrons. The Labute approximate surface area is 150 Å². The smallest absolute Gasteiger partial charge is 0.229 e. The predicted octanol–water partition coefficient (Wildman–Crippen LogP) is 2.72. The molecule has 1 fully saturated rings. The number of halogens is 1. The molecule has 1 saturated carbocycles. The summed E-state index contributed by atoms with van der Waals surface area (Å²) < 4.78 is 25.2. The van der Waals surface area contributed by atoms with Crippen molar-refractivity contribution in [3.63, 3.8) is 0 Å². The highest BCUT2D eigenvalue weighted by Gasteiger charge is 2.33. The molecule has 0 aromatic heterocycles. The number of carbonyl (C=O) groups excluding carboxylic acids is 1. The van der Waals surface area contributed by atoms with Gasteiger partial charge in [0.25, 0.3) is 0 Å². The lowest BCUT2D eigenvalue weighted by Gasteiger charge is -2.35. The van der Waals surface area contributed by atoms with Crippen LogP contribution in [0, 0.1) is 5.41 Å². The fourth-order valence-corrected chi connectivity index (χ4v) is 3.75. The van der Waals surface area contributed by atoms with E-state index in [1.54, 1.807) is 24.3 Å². The van der Waals surface area contributed by atoms with Crippen molar-refractivity contribution in [3.05, 3.63) is 24.3 Å². The molecule has 0 bridgehead atoms. The number of rotatable bonds is 6. The highest BCUT2D eigenvalue weighted by molar-refractivity contribution is 7.92. The van der Waals surface area contributed by atoms with E-state index in [0.29, 0.717) is 24.3 Å². The number of sulfonamides is 1. The molecule has 2 rings (SSSR count). The summed E-state index contributed by atoms with van der Waals surface area (Å²) >= 11 is 0. The summed E-state index contributed by atoms with van der Waals surface area (Å²) in [7, 11) is -3.40. The van der Waals surface area contributed by atoms with Crippen LogP contribution in [0.4, 0.5) is 11.4 Å². The van der Waals surface area contributed by atoms with Gasteiger partial charge in [0, 0.05) is 6.42 Å². The summed E-state index contributed by atoms with van der Waals surface area (Å²) in [6, 6.07) is 6.77. The van der Waals surface area contributed by atoms with E-state index in [1.165, 1.54) is 6.42 Å². The summed E-state index contributed by atoms with van der Waals surface area (Å²) in [6.45, 7) is 0.504. The van der Waals surface area contributed by atoms with Crippen molar-refractivity contribution < 1.29 is 13.2 Å². The van der Waals surface area contributed by atoms with Crippen LogP contribution in [-0.2, 0) is 14.8 Å². The highest BCUT2D eigenvalue weighted by Crippen LogP contribution is 2.38. The third kappa shape index (κ3) is 5.96. The maximum absolute atomic E-state index is 12.4. The topological polar surface area (TPSA) is 101 Å². The normalized spacial score (nSPS) is 16.8. The van der Waals surface area contributed by atoms with E-state index in [2.05, 4.69) is 10.0 Å². The summed E-state index contributed by atoms with van der Waals surface area (Å²) in [5, 5.41) is 2.82. The number of para-hydroxylation sites is 2. The van der Waals surface area contributed by atoms with Crippen LogP contribution in [0.15, 0.2) is 24.3 Å². The minimum atomic E-state index is -3.40. The van der Waals surface area contributed by atoms with Crippen molar-refractivity contribution in [2.75, 3.05) is 22.8 Å². The Balaban J connectivity index is 0.00000288. The quantitative estimate of drug-likeness (QED) is 0.711. The number of amides is 1. The second-order valence-electron chi connectivity index (χ2n) is 6.41. The maximum Gasteiger partial charge on any atom is 0.229 e. The van der Waals surface area contributed by atoms with E-state index in [9.17, 15) is 13.2 Å². The molecule has 0 spiro atoms. The molecule has 0 atom stereocenters. The lowest BCUT2D eigenvalue weighted by atomic mass is 9.71. The van der Waals surface area contributed by atoms with E-state index in [-0.39, 0.29) is 23.7 Å². The zero-order valence-electron chi connectivity index (χ0n) is 13.9. The standard InChI is InChI=1S/C16H25N3O3S.ClH/c1-23(21,22)19-14-8-4-3-7-13(14)18-15(20)11-16(12-17)9-5-2-6-10-16;/h3-4,7-8,19H,2,5-6,9-12,17H2,1H3,(H,18,20);1H. The Bertz CT molecular complexity index is 658. The maximum atomic E-state index is 12.4. The van der Waals surface area contributed by atoms with Crippen molar-refractivity contribution in [2.24, 2.45) is 11.1 Å². The van der Waals surface area contributed by atoms with Crippen LogP contribution in [-0.4, -0.2) is 27.1 Å². The molecule has 1 aliphatic carbocycles. The number of hydrogen-bond donors (Lipinski definition) is 3. The highest BCUT2D eigenvalue weighted by atomic mass is 35.5. The van der Waals surface area contributed by atoms with E-state index in [4.69, 9.17) is 5.73 Å². The Morgan fingerprint density at radius 2 is 1.75 bits per heavy atom. The molecule has 0 radical (unpaired) electrons. The number of benzene rings is 1. The van der Waals surface area contributed by atoms with Gasteiger partial charge >= 0.3 is 0 Å². The third-order valence-corrected chi connectivity index (χ3v) is 4.97. The van der Waals surface area contributed by atoms with E-state index in [1.807, 2.05) is 0 Å². The van der Waals surface area contributed by atoms with Gasteiger partial charge in [-0.2, -0.15) is 0 Å². The zero-order chi connectivity index (χ0) is 16.9. The number of nitrogens with one attached hydrogen (secondary N) is 2. The van der Waals surface area contributed by atoms with Crippen LogP contribution in [0.25, 0.3) is 0 Å². The average molecular weight is 376 g/mol. The van der Waals surface area contributed by atoms with Crippen LogP contribution in [0.1, 0.15) is 38.5 Å². The molecular formula is C16H26ClN3O3S. The summed E-state index contributed by atoms with van der Waals surface area (Å²) in [6.07, 6.45) is 6.81. The number of carbonyl (C=O) groups is 1. The van der Waals surface area contributed by atoms with Crippen molar-refractivity contribution in [3.8, 4) is 0 Å². The minimum absolute atomic E-state index is 0. The summed E-state index contributed by atoms with van der Waals surface area (Å²) in [5.74, 6) is -0.125. The molecule has 0 saturated heterocycles. The first-order valence-corrected chi connectivity index (χ1v) is 9.79. The molecule has 1 aromatic carbocycles. The van der Waals surface area contributed by atoms with Crippen molar-refractivity contribution >= 4 is 39.7 Å². The van der Waals surface area contributed by atoms with Crippen molar-refractivity contribution in [2.45, 2.75) is 38.5 Å². The van der Waals surface area contributed by atoms with Gasteiger partial charge in [-0.05, 0) is 36.9 Å². The van der Waals surface area contributed by atoms with Gasteiger partial charge in [-0.1, -0.05) is 31.4 Å². The number of anilines is 2. The fourth-order valence-electron chi connectivity index (χ4n) is 3.17. The van der Waals surface area contributed by atoms with Gasteiger partial charge in [0.1, 0.15) is 0 Å². The molecule has 4 N–H and O–H groups in total. The lowest BCUT2D eigenvalue weighted by Crippen LogP contribution is -2.36. The Kier molecular flexibility index (Phi) is 7.51. The second kappa shape index (κ2) is 8.69. The van der Waals surface area contributed by atoms with Crippen LogP contribution >= 0.6 is 12.4 Å². The minimum Gasteiger partial charge on any atom is -0.330 e. The average Bonchev–Trinajstić information content (AvgIpc) is 2.49. The van der Waals surface area contributed by atoms with Crippen molar-refractivity contribution in [1.82, 2.24) is 0 Å². The van der Waals surface area contributed by atoms with E-state index in [0.717, 1.165) is 31.9 Å². The summed E-state index contributed by atoms with van der Waals surface area (Å²) in [5.41, 5.74) is 6.63. The van der Waals surface area contributed by atoms with E-state index < -0.39 is 10.0 Å². The number of hydrogen-bond acceptors (Lipinski definition) is 4. The van der Waals surface area contributed by atoms with Gasteiger partial charge in [-0.15, -0.1) is 12.4 Å². The predicted molar refractivity (Wildman–Crippen MR) is 100.0 cm³/mol. The first kappa shape index (κ1) is 20.7. The van der Waals surface area contributed by atoms with Crippen molar-refractivity contribution in [1.29, 1.82) is 0 Å². The van der Waals surface area contributed by atoms with Gasteiger partial charge in [-0.25, -0.2) is 8.42 Å². The second-order valence-corrected chi connectivity index (χ2v) is 8.16. The zero-order valence-corrected chi connectivity index (χ0v) is 15.5. The molecule has 1 amide bonds. The largest absolute Gasteiger partial charge is 0.330 e. The van der Waals surface area contributed by atoms with Gasteiger partial charge in [-0.3, -0.25) is 9.52 Å². The van der Waals surface area contributed by atoms with Crippen LogP contribution in [0.2, 0.25) is 0 Å². The molecular weight excluding hydrogens is 350 g/mol. The van der Waals surface area contributed by atoms with Crippen LogP contribution < -0.4 is 15.8 Å². The Hall–Kier alpha value is -1.31. The first-order valence-electron chi connectivity index (χ1n) is 7.90. The monoisotopic (exact) mass is 375 g/mol. The SMILES string of the molecule is CS(=O)(=O)Nc1ccccc1NC(=O)CC1(CN)CCCCC1.Cl. The Morgan fingerprint density at radius 3 is 2.29 bits per heavy atom. The van der Waals surface area contributed by atoms with Gasteiger partial charge in [0.05, 0.1) is 17.6 Å².